The molecule has 2 heteroatoms. The van der Waals surface area contributed by atoms with E-state index >= 15 is 0 Å². The van der Waals surface area contributed by atoms with Gasteiger partial charge in [-0.3, -0.25) is 0 Å². The summed E-state index contributed by atoms with van der Waals surface area (Å²) >= 11 is 1.84. The molecule has 1 aromatic rings. The van der Waals surface area contributed by atoms with Crippen LogP contribution in [-0.4, -0.2) is 0 Å². The normalized spacial score (nSPS) is 13.7. The molecule has 0 aromatic carbocycles. The Labute approximate surface area is 85.0 Å². The average molecular weight is 197 g/mol. The highest BCUT2D eigenvalue weighted by Crippen LogP contribution is 2.28. The lowest BCUT2D eigenvalue weighted by Crippen LogP contribution is -2.12. The summed E-state index contributed by atoms with van der Waals surface area (Å²) in [6.45, 7) is 8.74. The van der Waals surface area contributed by atoms with E-state index in [-0.39, 0.29) is 6.04 Å². The van der Waals surface area contributed by atoms with Crippen LogP contribution in [0.2, 0.25) is 0 Å². The first-order valence-electron chi connectivity index (χ1n) is 4.83. The van der Waals surface area contributed by atoms with Crippen LogP contribution >= 0.6 is 11.3 Å². The van der Waals surface area contributed by atoms with Gasteiger partial charge < -0.3 is 5.73 Å². The molecule has 1 atom stereocenters. The maximum atomic E-state index is 6.12. The number of rotatable bonds is 3. The summed E-state index contributed by atoms with van der Waals surface area (Å²) in [5.74, 6) is 0.676. The quantitative estimate of drug-likeness (QED) is 0.789. The molecule has 2 N–H and O–H groups in total. The third-order valence-electron chi connectivity index (χ3n) is 2.20. The number of thiophene rings is 1. The monoisotopic (exact) mass is 197 g/mol. The predicted octanol–water partition coefficient (Wildman–Crippen LogP) is 3.41. The van der Waals surface area contributed by atoms with Crippen molar-refractivity contribution < 1.29 is 0 Å². The van der Waals surface area contributed by atoms with Crippen LogP contribution in [0, 0.1) is 19.8 Å². The minimum atomic E-state index is 0.227. The first kappa shape index (κ1) is 10.7. The molecule has 74 valence electrons. The Kier molecular flexibility index (Phi) is 3.51. The summed E-state index contributed by atoms with van der Waals surface area (Å²) in [4.78, 5) is 2.75. The van der Waals surface area contributed by atoms with Crippen LogP contribution in [-0.2, 0) is 0 Å². The van der Waals surface area contributed by atoms with Crippen molar-refractivity contribution in [2.75, 3.05) is 0 Å². The third-order valence-corrected chi connectivity index (χ3v) is 3.19. The smallest absolute Gasteiger partial charge is 0.0308 e. The van der Waals surface area contributed by atoms with Crippen LogP contribution in [0.5, 0.6) is 0 Å². The third kappa shape index (κ3) is 2.82. The summed E-state index contributed by atoms with van der Waals surface area (Å²) in [6.07, 6.45) is 1.08. The van der Waals surface area contributed by atoms with E-state index in [4.69, 9.17) is 5.73 Å². The molecule has 0 spiro atoms. The van der Waals surface area contributed by atoms with Crippen molar-refractivity contribution >= 4 is 11.3 Å². The second-order valence-electron chi connectivity index (χ2n) is 4.10. The van der Waals surface area contributed by atoms with Crippen molar-refractivity contribution in [2.24, 2.45) is 11.7 Å². The second-order valence-corrected chi connectivity index (χ2v) is 5.57. The molecular weight excluding hydrogens is 178 g/mol. The zero-order chi connectivity index (χ0) is 10.0. The Morgan fingerprint density at radius 1 is 1.38 bits per heavy atom. The molecule has 13 heavy (non-hydrogen) atoms. The second kappa shape index (κ2) is 4.25. The van der Waals surface area contributed by atoms with Gasteiger partial charge in [0.05, 0.1) is 0 Å². The Balaban J connectivity index is 2.76. The van der Waals surface area contributed by atoms with Crippen LogP contribution in [0.4, 0.5) is 0 Å². The van der Waals surface area contributed by atoms with E-state index in [1.807, 2.05) is 11.3 Å². The molecular formula is C11H19NS. The zero-order valence-electron chi connectivity index (χ0n) is 8.92. The first-order valence-corrected chi connectivity index (χ1v) is 5.65. The van der Waals surface area contributed by atoms with Gasteiger partial charge >= 0.3 is 0 Å². The molecule has 1 nitrogen and oxygen atoms in total. The topological polar surface area (TPSA) is 26.0 Å². The van der Waals surface area contributed by atoms with Crippen LogP contribution < -0.4 is 5.73 Å². The van der Waals surface area contributed by atoms with E-state index in [0.29, 0.717) is 5.92 Å². The van der Waals surface area contributed by atoms with Gasteiger partial charge in [-0.25, -0.2) is 0 Å². The Morgan fingerprint density at radius 3 is 2.38 bits per heavy atom. The number of hydrogen-bond donors (Lipinski definition) is 1. The van der Waals surface area contributed by atoms with E-state index in [2.05, 4.69) is 33.8 Å². The van der Waals surface area contributed by atoms with Crippen molar-refractivity contribution in [3.05, 3.63) is 21.4 Å². The van der Waals surface area contributed by atoms with E-state index in [0.717, 1.165) is 6.42 Å². The van der Waals surface area contributed by atoms with Gasteiger partial charge in [0.15, 0.2) is 0 Å². The van der Waals surface area contributed by atoms with Crippen molar-refractivity contribution in [1.82, 2.24) is 0 Å². The van der Waals surface area contributed by atoms with E-state index in [1.165, 1.54) is 15.3 Å². The molecule has 1 aromatic heterocycles. The lowest BCUT2D eigenvalue weighted by Gasteiger charge is -2.13. The number of nitrogens with two attached hydrogens (primary N) is 1. The van der Waals surface area contributed by atoms with Crippen molar-refractivity contribution in [1.29, 1.82) is 0 Å². The van der Waals surface area contributed by atoms with Gasteiger partial charge in [0.2, 0.25) is 0 Å². The van der Waals surface area contributed by atoms with Crippen LogP contribution in [0.25, 0.3) is 0 Å². The summed E-state index contributed by atoms with van der Waals surface area (Å²) < 4.78 is 0. The predicted molar refractivity (Wildman–Crippen MR) is 60.2 cm³/mol. The molecule has 0 amide bonds. The maximum Gasteiger partial charge on any atom is 0.0308 e. The summed E-state index contributed by atoms with van der Waals surface area (Å²) in [5.41, 5.74) is 7.46. The van der Waals surface area contributed by atoms with Gasteiger partial charge in [-0.2, -0.15) is 0 Å². The molecule has 1 unspecified atom stereocenters. The van der Waals surface area contributed by atoms with Crippen LogP contribution in [0.1, 0.15) is 41.6 Å². The molecule has 0 saturated carbocycles. The van der Waals surface area contributed by atoms with E-state index in [1.54, 1.807) is 0 Å². The minimum absolute atomic E-state index is 0.227. The molecule has 0 aliphatic carbocycles. The van der Waals surface area contributed by atoms with Crippen LogP contribution in [0.15, 0.2) is 6.07 Å². The molecule has 0 bridgehead atoms. The standard InChI is InChI=1S/C11H19NS/c1-7(2)5-11(12)10-6-8(3)13-9(10)4/h6-7,11H,5,12H2,1-4H3. The fraction of sp³-hybridized carbons (Fsp3) is 0.636. The highest BCUT2D eigenvalue weighted by atomic mass is 32.1. The zero-order valence-corrected chi connectivity index (χ0v) is 9.74. The average Bonchev–Trinajstić information content (AvgIpc) is 2.28. The van der Waals surface area contributed by atoms with Gasteiger partial charge in [-0.05, 0) is 37.8 Å². The molecule has 0 aliphatic rings. The van der Waals surface area contributed by atoms with Gasteiger partial charge in [0, 0.05) is 15.8 Å². The van der Waals surface area contributed by atoms with Gasteiger partial charge in [0.1, 0.15) is 0 Å². The van der Waals surface area contributed by atoms with Crippen LogP contribution in [0.3, 0.4) is 0 Å². The molecule has 0 fully saturated rings. The van der Waals surface area contributed by atoms with Crippen molar-refractivity contribution in [3.8, 4) is 0 Å². The lowest BCUT2D eigenvalue weighted by molar-refractivity contribution is 0.509. The summed E-state index contributed by atoms with van der Waals surface area (Å²) in [7, 11) is 0. The Morgan fingerprint density at radius 2 is 2.00 bits per heavy atom. The van der Waals surface area contributed by atoms with E-state index < -0.39 is 0 Å². The highest BCUT2D eigenvalue weighted by Gasteiger charge is 2.12. The molecule has 0 aliphatic heterocycles. The first-order chi connectivity index (χ1) is 6.00. The van der Waals surface area contributed by atoms with Gasteiger partial charge in [-0.1, -0.05) is 13.8 Å². The van der Waals surface area contributed by atoms with Crippen molar-refractivity contribution in [3.63, 3.8) is 0 Å². The Bertz CT molecular complexity index is 276. The minimum Gasteiger partial charge on any atom is -0.324 e. The summed E-state index contributed by atoms with van der Waals surface area (Å²) in [6, 6.07) is 2.46. The summed E-state index contributed by atoms with van der Waals surface area (Å²) in [5, 5.41) is 0. The molecule has 1 heterocycles. The maximum absolute atomic E-state index is 6.12. The molecule has 0 radical (unpaired) electrons. The fourth-order valence-corrected chi connectivity index (χ4v) is 2.65. The SMILES string of the molecule is Cc1cc(C(N)CC(C)C)c(C)s1. The van der Waals surface area contributed by atoms with Gasteiger partial charge in [-0.15, -0.1) is 11.3 Å². The number of aryl methyl sites for hydroxylation is 2. The number of hydrogen-bond acceptors (Lipinski definition) is 2. The highest BCUT2D eigenvalue weighted by molar-refractivity contribution is 7.12. The molecule has 1 rings (SSSR count). The van der Waals surface area contributed by atoms with E-state index in [9.17, 15) is 0 Å². The molecule has 0 saturated heterocycles. The lowest BCUT2D eigenvalue weighted by atomic mass is 9.98. The fourth-order valence-electron chi connectivity index (χ4n) is 1.65. The Hall–Kier alpha value is -0.340. The largest absolute Gasteiger partial charge is 0.324 e. The van der Waals surface area contributed by atoms with Crippen molar-refractivity contribution in [2.45, 2.75) is 40.2 Å². The van der Waals surface area contributed by atoms with Gasteiger partial charge in [0.25, 0.3) is 0 Å².